The van der Waals surface area contributed by atoms with E-state index in [0.29, 0.717) is 17.2 Å². The van der Waals surface area contributed by atoms with Crippen LogP contribution in [-0.2, 0) is 7.05 Å². The zero-order valence-electron chi connectivity index (χ0n) is 13.5. The summed E-state index contributed by atoms with van der Waals surface area (Å²) in [6.07, 6.45) is 0. The second-order valence-electron chi connectivity index (χ2n) is 5.60. The average molecular weight is 324 g/mol. The molecule has 0 atom stereocenters. The molecule has 4 rings (SSSR count). The molecule has 0 saturated heterocycles. The number of rotatable bonds is 3. The van der Waals surface area contributed by atoms with Crippen LogP contribution in [0.5, 0.6) is 5.75 Å². The van der Waals surface area contributed by atoms with Gasteiger partial charge in [-0.25, -0.2) is 4.68 Å². The molecule has 1 amide bonds. The summed E-state index contributed by atoms with van der Waals surface area (Å²) in [4.78, 5) is 15.7. The Morgan fingerprint density at radius 1 is 1.33 bits per heavy atom. The molecule has 3 heterocycles. The Hall–Kier alpha value is -3.29. The number of hydrogen-bond acceptors (Lipinski definition) is 4. The molecule has 0 fully saturated rings. The molecule has 0 unspecified atom stereocenters. The van der Waals surface area contributed by atoms with Crippen molar-refractivity contribution in [3.8, 4) is 5.75 Å². The second-order valence-corrected chi connectivity index (χ2v) is 5.60. The maximum absolute atomic E-state index is 12.5. The van der Waals surface area contributed by atoms with E-state index in [-0.39, 0.29) is 5.91 Å². The molecule has 0 spiro atoms. The Morgan fingerprint density at radius 2 is 2.17 bits per heavy atom. The monoisotopic (exact) mass is 324 g/mol. The van der Waals surface area contributed by atoms with Gasteiger partial charge in [-0.3, -0.25) is 9.89 Å². The normalized spacial score (nSPS) is 11.3. The van der Waals surface area contributed by atoms with Crippen LogP contribution in [-0.4, -0.2) is 38.0 Å². The van der Waals surface area contributed by atoms with E-state index < -0.39 is 0 Å². The number of aromatic nitrogens is 5. The van der Waals surface area contributed by atoms with E-state index >= 15 is 0 Å². The Bertz CT molecular complexity index is 1070. The van der Waals surface area contributed by atoms with Crippen molar-refractivity contribution in [2.24, 2.45) is 7.05 Å². The van der Waals surface area contributed by atoms with Crippen LogP contribution in [0.4, 0.5) is 5.82 Å². The minimum atomic E-state index is -0.251. The molecule has 0 saturated carbocycles. The van der Waals surface area contributed by atoms with Gasteiger partial charge in [-0.05, 0) is 31.2 Å². The van der Waals surface area contributed by atoms with Crippen molar-refractivity contribution in [1.29, 1.82) is 0 Å². The number of nitrogens with one attached hydrogen (secondary N) is 3. The zero-order valence-corrected chi connectivity index (χ0v) is 13.5. The molecule has 0 aliphatic heterocycles. The van der Waals surface area contributed by atoms with E-state index in [4.69, 9.17) is 4.74 Å². The predicted molar refractivity (Wildman–Crippen MR) is 90.4 cm³/mol. The quantitative estimate of drug-likeness (QED) is 0.538. The van der Waals surface area contributed by atoms with Gasteiger partial charge >= 0.3 is 0 Å². The summed E-state index contributed by atoms with van der Waals surface area (Å²) in [5, 5.41) is 15.9. The molecular formula is C16H16N6O2. The van der Waals surface area contributed by atoms with Crippen LogP contribution in [0.3, 0.4) is 0 Å². The molecular weight excluding hydrogens is 308 g/mol. The van der Waals surface area contributed by atoms with Gasteiger partial charge in [0.25, 0.3) is 5.91 Å². The molecule has 3 N–H and O–H groups in total. The van der Waals surface area contributed by atoms with Crippen molar-refractivity contribution in [1.82, 2.24) is 25.0 Å². The molecule has 8 heteroatoms. The average Bonchev–Trinajstić information content (AvgIpc) is 3.23. The number of fused-ring (bicyclic) bond motifs is 2. The Morgan fingerprint density at radius 3 is 2.96 bits per heavy atom. The first kappa shape index (κ1) is 14.3. The lowest BCUT2D eigenvalue weighted by Crippen LogP contribution is -2.12. The molecule has 122 valence electrons. The van der Waals surface area contributed by atoms with Crippen molar-refractivity contribution in [2.45, 2.75) is 6.92 Å². The first-order valence-electron chi connectivity index (χ1n) is 7.42. The zero-order chi connectivity index (χ0) is 16.8. The van der Waals surface area contributed by atoms with Crippen LogP contribution in [0, 0.1) is 6.92 Å². The summed E-state index contributed by atoms with van der Waals surface area (Å²) < 4.78 is 6.88. The largest absolute Gasteiger partial charge is 0.497 e. The number of carbonyl (C=O) groups excluding carboxylic acids is 1. The molecule has 1 aromatic carbocycles. The highest BCUT2D eigenvalue weighted by Crippen LogP contribution is 2.25. The van der Waals surface area contributed by atoms with Gasteiger partial charge in [0, 0.05) is 18.0 Å². The highest BCUT2D eigenvalue weighted by molar-refractivity contribution is 6.09. The van der Waals surface area contributed by atoms with Gasteiger partial charge < -0.3 is 15.0 Å². The molecule has 4 aromatic rings. The maximum atomic E-state index is 12.5. The smallest absolute Gasteiger partial charge is 0.273 e. The second kappa shape index (κ2) is 5.12. The Kier molecular flexibility index (Phi) is 3.05. The number of anilines is 1. The van der Waals surface area contributed by atoms with E-state index in [1.807, 2.05) is 32.2 Å². The lowest BCUT2D eigenvalue weighted by molar-refractivity contribution is 0.102. The van der Waals surface area contributed by atoms with Gasteiger partial charge in [-0.1, -0.05) is 0 Å². The van der Waals surface area contributed by atoms with Crippen molar-refractivity contribution in [2.75, 3.05) is 12.4 Å². The van der Waals surface area contributed by atoms with Gasteiger partial charge in [0.2, 0.25) is 0 Å². The minimum Gasteiger partial charge on any atom is -0.497 e. The van der Waals surface area contributed by atoms with Gasteiger partial charge in [-0.15, -0.1) is 0 Å². The first-order valence-corrected chi connectivity index (χ1v) is 7.42. The third kappa shape index (κ3) is 2.11. The first-order chi connectivity index (χ1) is 11.6. The Labute approximate surface area is 136 Å². The molecule has 24 heavy (non-hydrogen) atoms. The molecule has 0 bridgehead atoms. The van der Waals surface area contributed by atoms with Gasteiger partial charge in [0.05, 0.1) is 18.2 Å². The lowest BCUT2D eigenvalue weighted by atomic mass is 10.2. The minimum absolute atomic E-state index is 0.251. The summed E-state index contributed by atoms with van der Waals surface area (Å²) in [7, 11) is 3.42. The molecule has 3 aromatic heterocycles. The maximum Gasteiger partial charge on any atom is 0.273 e. The van der Waals surface area contributed by atoms with E-state index in [1.165, 1.54) is 0 Å². The lowest BCUT2D eigenvalue weighted by Gasteiger charge is -2.00. The number of methoxy groups -OCH3 is 1. The fraction of sp³-hybridized carbons (Fsp3) is 0.188. The summed E-state index contributed by atoms with van der Waals surface area (Å²) in [5.74, 6) is 1.03. The van der Waals surface area contributed by atoms with Crippen molar-refractivity contribution in [3.05, 3.63) is 35.7 Å². The SMILES string of the molecule is COc1ccc2[nH]c(C(=O)Nc3[nH]nc4c3c(C)nn4C)cc2c1. The Balaban J connectivity index is 1.68. The topological polar surface area (TPSA) is 101 Å². The number of amides is 1. The standard InChI is InChI=1S/C16H16N6O2/c1-8-13-14(19-20-15(13)22(2)21-8)18-16(23)12-7-9-6-10(24-3)4-5-11(9)17-12/h4-7,17H,1-3H3,(H2,18,19,20,23). The number of aromatic amines is 2. The third-order valence-corrected chi connectivity index (χ3v) is 4.03. The highest BCUT2D eigenvalue weighted by atomic mass is 16.5. The van der Waals surface area contributed by atoms with Gasteiger partial charge in [0.1, 0.15) is 17.3 Å². The number of benzene rings is 1. The summed E-state index contributed by atoms with van der Waals surface area (Å²) in [6, 6.07) is 7.39. The van der Waals surface area contributed by atoms with Crippen molar-refractivity contribution in [3.63, 3.8) is 0 Å². The van der Waals surface area contributed by atoms with E-state index in [0.717, 1.165) is 27.7 Å². The molecule has 8 nitrogen and oxygen atoms in total. The number of aryl methyl sites for hydroxylation is 2. The highest BCUT2D eigenvalue weighted by Gasteiger charge is 2.17. The van der Waals surface area contributed by atoms with Crippen LogP contribution in [0.15, 0.2) is 24.3 Å². The summed E-state index contributed by atoms with van der Waals surface area (Å²) in [6.45, 7) is 1.88. The van der Waals surface area contributed by atoms with Crippen LogP contribution in [0.1, 0.15) is 16.2 Å². The number of nitrogens with zero attached hydrogens (tertiary/aromatic N) is 3. The van der Waals surface area contributed by atoms with Crippen LogP contribution in [0.25, 0.3) is 21.9 Å². The van der Waals surface area contributed by atoms with Gasteiger partial charge in [0.15, 0.2) is 5.65 Å². The van der Waals surface area contributed by atoms with E-state index in [1.54, 1.807) is 17.9 Å². The van der Waals surface area contributed by atoms with Crippen LogP contribution < -0.4 is 10.1 Å². The third-order valence-electron chi connectivity index (χ3n) is 4.03. The molecule has 0 aliphatic rings. The summed E-state index contributed by atoms with van der Waals surface area (Å²) in [5.41, 5.74) is 2.83. The van der Waals surface area contributed by atoms with Crippen LogP contribution >= 0.6 is 0 Å². The van der Waals surface area contributed by atoms with Crippen molar-refractivity contribution < 1.29 is 9.53 Å². The summed E-state index contributed by atoms with van der Waals surface area (Å²) >= 11 is 0. The van der Waals surface area contributed by atoms with Crippen LogP contribution in [0.2, 0.25) is 0 Å². The van der Waals surface area contributed by atoms with E-state index in [2.05, 4.69) is 25.6 Å². The van der Waals surface area contributed by atoms with E-state index in [9.17, 15) is 4.79 Å². The molecule has 0 aliphatic carbocycles. The molecule has 0 radical (unpaired) electrons. The number of ether oxygens (including phenoxy) is 1. The van der Waals surface area contributed by atoms with Crippen molar-refractivity contribution >= 4 is 33.7 Å². The number of carbonyl (C=O) groups is 1. The fourth-order valence-electron chi connectivity index (χ4n) is 2.86. The number of hydrogen-bond donors (Lipinski definition) is 3. The van der Waals surface area contributed by atoms with Gasteiger partial charge in [-0.2, -0.15) is 10.2 Å². The predicted octanol–water partition coefficient (Wildman–Crippen LogP) is 2.35. The fourth-order valence-corrected chi connectivity index (χ4v) is 2.86. The number of H-pyrrole nitrogens is 2.